The van der Waals surface area contributed by atoms with Crippen molar-refractivity contribution in [2.75, 3.05) is 27.2 Å². The highest BCUT2D eigenvalue weighted by atomic mass is 16.2. The van der Waals surface area contributed by atoms with E-state index in [9.17, 15) is 4.79 Å². The van der Waals surface area contributed by atoms with Gasteiger partial charge >= 0.3 is 0 Å². The summed E-state index contributed by atoms with van der Waals surface area (Å²) in [7, 11) is 4.20. The van der Waals surface area contributed by atoms with Crippen molar-refractivity contribution in [1.29, 1.82) is 0 Å². The van der Waals surface area contributed by atoms with E-state index in [0.717, 1.165) is 43.0 Å². The van der Waals surface area contributed by atoms with E-state index in [0.29, 0.717) is 12.5 Å². The van der Waals surface area contributed by atoms with Crippen molar-refractivity contribution in [3.05, 3.63) is 77.9 Å². The van der Waals surface area contributed by atoms with Crippen molar-refractivity contribution in [1.82, 2.24) is 24.6 Å². The highest BCUT2D eigenvalue weighted by Gasteiger charge is 2.27. The van der Waals surface area contributed by atoms with E-state index in [1.807, 2.05) is 53.4 Å². The predicted octanol–water partition coefficient (Wildman–Crippen LogP) is 3.02. The van der Waals surface area contributed by atoms with Crippen molar-refractivity contribution in [3.8, 4) is 5.69 Å². The standard InChI is InChI=1S/C23H27N5O/c1-26(2)19-13-15-27(16-14-19)23(29)22-24-21(17-18-9-5-3-6-10-18)28(25-22)20-11-7-4-8-12-20/h3-12,19H,13-17H2,1-2H3. The van der Waals surface area contributed by atoms with Gasteiger partial charge < -0.3 is 9.80 Å². The number of para-hydroxylation sites is 1. The van der Waals surface area contributed by atoms with Crippen LogP contribution in [0.2, 0.25) is 0 Å². The minimum absolute atomic E-state index is 0.0776. The largest absolute Gasteiger partial charge is 0.336 e. The Morgan fingerprint density at radius 2 is 1.62 bits per heavy atom. The molecule has 4 rings (SSSR count). The predicted molar refractivity (Wildman–Crippen MR) is 113 cm³/mol. The number of hydrogen-bond acceptors (Lipinski definition) is 4. The van der Waals surface area contributed by atoms with E-state index in [1.165, 1.54) is 0 Å². The fourth-order valence-electron chi connectivity index (χ4n) is 3.83. The molecule has 2 aromatic carbocycles. The molecule has 0 atom stereocenters. The summed E-state index contributed by atoms with van der Waals surface area (Å²) in [6.07, 6.45) is 2.59. The number of likely N-dealkylation sites (tertiary alicyclic amines) is 1. The van der Waals surface area contributed by atoms with Crippen LogP contribution in [0.15, 0.2) is 60.7 Å². The number of carbonyl (C=O) groups is 1. The second-order valence-electron chi connectivity index (χ2n) is 7.75. The maximum absolute atomic E-state index is 13.1. The smallest absolute Gasteiger partial charge is 0.293 e. The molecule has 0 bridgehead atoms. The maximum atomic E-state index is 13.1. The molecule has 0 aliphatic carbocycles. The van der Waals surface area contributed by atoms with Crippen molar-refractivity contribution in [2.45, 2.75) is 25.3 Å². The Morgan fingerprint density at radius 3 is 2.24 bits per heavy atom. The van der Waals surface area contributed by atoms with Crippen LogP contribution in [-0.2, 0) is 6.42 Å². The molecule has 1 aliphatic heterocycles. The SMILES string of the molecule is CN(C)C1CCN(C(=O)c2nc(Cc3ccccc3)n(-c3ccccc3)n2)CC1. The molecule has 0 spiro atoms. The van der Waals surface area contributed by atoms with E-state index in [2.05, 4.69) is 41.2 Å². The zero-order valence-electron chi connectivity index (χ0n) is 17.0. The first-order chi connectivity index (χ1) is 14.1. The van der Waals surface area contributed by atoms with Gasteiger partial charge in [0.15, 0.2) is 0 Å². The molecule has 1 saturated heterocycles. The fraction of sp³-hybridized carbons (Fsp3) is 0.348. The third-order valence-electron chi connectivity index (χ3n) is 5.55. The molecule has 0 radical (unpaired) electrons. The Balaban J connectivity index is 1.60. The molecule has 1 aromatic heterocycles. The average molecular weight is 390 g/mol. The van der Waals surface area contributed by atoms with Crippen LogP contribution in [0, 0.1) is 0 Å². The molecule has 0 unspecified atom stereocenters. The lowest BCUT2D eigenvalue weighted by molar-refractivity contribution is 0.0651. The molecular weight excluding hydrogens is 362 g/mol. The molecule has 150 valence electrons. The number of nitrogens with zero attached hydrogens (tertiary/aromatic N) is 5. The van der Waals surface area contributed by atoms with Gasteiger partial charge in [0.2, 0.25) is 5.82 Å². The van der Waals surface area contributed by atoms with Gasteiger partial charge in [-0.3, -0.25) is 4.79 Å². The average Bonchev–Trinajstić information content (AvgIpc) is 3.18. The lowest BCUT2D eigenvalue weighted by Gasteiger charge is -2.34. The Kier molecular flexibility index (Phi) is 5.71. The number of amides is 1. The van der Waals surface area contributed by atoms with Gasteiger partial charge in [-0.1, -0.05) is 48.5 Å². The lowest BCUT2D eigenvalue weighted by Crippen LogP contribution is -2.44. The second kappa shape index (κ2) is 8.57. The molecule has 1 amide bonds. The van der Waals surface area contributed by atoms with Crippen LogP contribution >= 0.6 is 0 Å². The fourth-order valence-corrected chi connectivity index (χ4v) is 3.83. The summed E-state index contributed by atoms with van der Waals surface area (Å²) in [6, 6.07) is 20.6. The highest BCUT2D eigenvalue weighted by molar-refractivity contribution is 5.90. The van der Waals surface area contributed by atoms with Crippen LogP contribution in [0.5, 0.6) is 0 Å². The van der Waals surface area contributed by atoms with Crippen LogP contribution in [0.25, 0.3) is 5.69 Å². The van der Waals surface area contributed by atoms with Gasteiger partial charge in [0.05, 0.1) is 5.69 Å². The van der Waals surface area contributed by atoms with Crippen LogP contribution in [0.4, 0.5) is 0 Å². The summed E-state index contributed by atoms with van der Waals surface area (Å²) in [5, 5.41) is 4.61. The zero-order chi connectivity index (χ0) is 20.2. The van der Waals surface area contributed by atoms with Gasteiger partial charge in [-0.05, 0) is 44.6 Å². The van der Waals surface area contributed by atoms with Crippen molar-refractivity contribution < 1.29 is 4.79 Å². The van der Waals surface area contributed by atoms with Crippen molar-refractivity contribution in [3.63, 3.8) is 0 Å². The Hall–Kier alpha value is -2.99. The second-order valence-corrected chi connectivity index (χ2v) is 7.75. The maximum Gasteiger partial charge on any atom is 0.293 e. The van der Waals surface area contributed by atoms with Crippen LogP contribution in [-0.4, -0.2) is 63.7 Å². The van der Waals surface area contributed by atoms with Gasteiger partial charge in [-0.2, -0.15) is 0 Å². The minimum atomic E-state index is -0.0776. The van der Waals surface area contributed by atoms with Gasteiger partial charge in [0, 0.05) is 25.6 Å². The molecule has 1 aliphatic rings. The molecule has 6 heteroatoms. The summed E-state index contributed by atoms with van der Waals surface area (Å²) in [5.74, 6) is 0.975. The Morgan fingerprint density at radius 1 is 1.00 bits per heavy atom. The molecule has 1 fully saturated rings. The number of piperidine rings is 1. The van der Waals surface area contributed by atoms with E-state index in [-0.39, 0.29) is 11.7 Å². The van der Waals surface area contributed by atoms with Gasteiger partial charge in [0.25, 0.3) is 5.91 Å². The summed E-state index contributed by atoms with van der Waals surface area (Å²) in [4.78, 5) is 21.9. The number of aromatic nitrogens is 3. The highest BCUT2D eigenvalue weighted by Crippen LogP contribution is 2.18. The quantitative estimate of drug-likeness (QED) is 0.673. The molecule has 6 nitrogen and oxygen atoms in total. The molecule has 2 heterocycles. The Labute approximate surface area is 171 Å². The van der Waals surface area contributed by atoms with E-state index >= 15 is 0 Å². The molecule has 29 heavy (non-hydrogen) atoms. The lowest BCUT2D eigenvalue weighted by atomic mass is 10.0. The third-order valence-corrected chi connectivity index (χ3v) is 5.55. The number of benzene rings is 2. The molecular formula is C23H27N5O. The Bertz CT molecular complexity index is 944. The van der Waals surface area contributed by atoms with E-state index in [4.69, 9.17) is 0 Å². The van der Waals surface area contributed by atoms with Crippen molar-refractivity contribution in [2.24, 2.45) is 0 Å². The van der Waals surface area contributed by atoms with Crippen LogP contribution < -0.4 is 0 Å². The summed E-state index contributed by atoms with van der Waals surface area (Å²) >= 11 is 0. The zero-order valence-corrected chi connectivity index (χ0v) is 17.0. The monoisotopic (exact) mass is 389 g/mol. The summed E-state index contributed by atoms with van der Waals surface area (Å²) < 4.78 is 1.80. The third kappa shape index (κ3) is 4.38. The number of rotatable bonds is 5. The van der Waals surface area contributed by atoms with E-state index < -0.39 is 0 Å². The van der Waals surface area contributed by atoms with Crippen molar-refractivity contribution >= 4 is 5.91 Å². The first kappa shape index (κ1) is 19.3. The van der Waals surface area contributed by atoms with Gasteiger partial charge in [-0.25, -0.2) is 9.67 Å². The minimum Gasteiger partial charge on any atom is -0.336 e. The topological polar surface area (TPSA) is 54.3 Å². The van der Waals surface area contributed by atoms with E-state index in [1.54, 1.807) is 4.68 Å². The first-order valence-corrected chi connectivity index (χ1v) is 10.1. The molecule has 0 saturated carbocycles. The van der Waals surface area contributed by atoms with Crippen LogP contribution in [0.1, 0.15) is 34.8 Å². The normalized spacial score (nSPS) is 15.1. The first-order valence-electron chi connectivity index (χ1n) is 10.1. The van der Waals surface area contributed by atoms with Gasteiger partial charge in [-0.15, -0.1) is 5.10 Å². The molecule has 0 N–H and O–H groups in total. The van der Waals surface area contributed by atoms with Gasteiger partial charge in [0.1, 0.15) is 5.82 Å². The number of hydrogen-bond donors (Lipinski definition) is 0. The summed E-state index contributed by atoms with van der Waals surface area (Å²) in [6.45, 7) is 1.49. The van der Waals surface area contributed by atoms with Crippen LogP contribution in [0.3, 0.4) is 0 Å². The summed E-state index contributed by atoms with van der Waals surface area (Å²) in [5.41, 5.74) is 2.05. The molecule has 3 aromatic rings. The number of carbonyl (C=O) groups excluding carboxylic acids is 1.